The largest absolute Gasteiger partial charge is 0.481 e. The van der Waals surface area contributed by atoms with Crippen LogP contribution in [0.4, 0.5) is 0 Å². The third kappa shape index (κ3) is 4.97. The van der Waals surface area contributed by atoms with E-state index in [4.69, 9.17) is 10.8 Å². The molecular weight excluding hydrogens is 240 g/mol. The van der Waals surface area contributed by atoms with Crippen molar-refractivity contribution in [3.63, 3.8) is 0 Å². The molecule has 0 aromatic carbocycles. The summed E-state index contributed by atoms with van der Waals surface area (Å²) in [5, 5.41) is 13.2. The Morgan fingerprint density at radius 3 is 2.82 bits per heavy atom. The molecule has 0 bridgehead atoms. The SMILES string of the molecule is CC(Cc1cccs1)NC(=O)C(N)CC(=O)O. The summed E-state index contributed by atoms with van der Waals surface area (Å²) in [6.07, 6.45) is 0.376. The number of aliphatic carboxylic acids is 1. The fraction of sp³-hybridized carbons (Fsp3) is 0.455. The average molecular weight is 256 g/mol. The highest BCUT2D eigenvalue weighted by Gasteiger charge is 2.18. The van der Waals surface area contributed by atoms with E-state index in [-0.39, 0.29) is 12.5 Å². The summed E-state index contributed by atoms with van der Waals surface area (Å²) in [4.78, 5) is 23.1. The zero-order valence-electron chi connectivity index (χ0n) is 9.55. The maximum atomic E-state index is 11.5. The van der Waals surface area contributed by atoms with Crippen molar-refractivity contribution in [2.45, 2.75) is 31.8 Å². The van der Waals surface area contributed by atoms with Gasteiger partial charge in [-0.3, -0.25) is 9.59 Å². The van der Waals surface area contributed by atoms with Crippen molar-refractivity contribution < 1.29 is 14.7 Å². The van der Waals surface area contributed by atoms with Crippen LogP contribution in [0, 0.1) is 0 Å². The van der Waals surface area contributed by atoms with Crippen LogP contribution in [0.15, 0.2) is 17.5 Å². The number of carboxylic acid groups (broad SMARTS) is 1. The van der Waals surface area contributed by atoms with Crippen LogP contribution in [0.5, 0.6) is 0 Å². The fourth-order valence-corrected chi connectivity index (χ4v) is 2.25. The topological polar surface area (TPSA) is 92.4 Å². The molecule has 2 atom stereocenters. The van der Waals surface area contributed by atoms with Crippen molar-refractivity contribution >= 4 is 23.2 Å². The summed E-state index contributed by atoms with van der Waals surface area (Å²) >= 11 is 1.62. The molecule has 0 fully saturated rings. The van der Waals surface area contributed by atoms with Crippen LogP contribution in [0.25, 0.3) is 0 Å². The number of hydrogen-bond donors (Lipinski definition) is 3. The number of carbonyl (C=O) groups excluding carboxylic acids is 1. The van der Waals surface area contributed by atoms with Gasteiger partial charge in [-0.05, 0) is 18.4 Å². The van der Waals surface area contributed by atoms with Crippen LogP contribution in [0.3, 0.4) is 0 Å². The number of thiophene rings is 1. The van der Waals surface area contributed by atoms with Gasteiger partial charge in [-0.25, -0.2) is 0 Å². The van der Waals surface area contributed by atoms with Gasteiger partial charge in [0.05, 0.1) is 12.5 Å². The van der Waals surface area contributed by atoms with Gasteiger partial charge in [0.1, 0.15) is 0 Å². The first-order chi connectivity index (χ1) is 7.99. The highest BCUT2D eigenvalue weighted by Crippen LogP contribution is 2.10. The Kier molecular flexibility index (Phi) is 5.11. The number of rotatable bonds is 6. The van der Waals surface area contributed by atoms with Crippen molar-refractivity contribution in [1.29, 1.82) is 0 Å². The molecule has 0 aliphatic heterocycles. The van der Waals surface area contributed by atoms with Crippen LogP contribution in [-0.4, -0.2) is 29.1 Å². The molecule has 0 saturated heterocycles. The second-order valence-corrected chi connectivity index (χ2v) is 4.93. The molecule has 1 amide bonds. The first-order valence-corrected chi connectivity index (χ1v) is 6.17. The molecule has 6 heteroatoms. The smallest absolute Gasteiger partial charge is 0.305 e. The van der Waals surface area contributed by atoms with Gasteiger partial charge in [-0.2, -0.15) is 0 Å². The second kappa shape index (κ2) is 6.36. The van der Waals surface area contributed by atoms with E-state index in [0.29, 0.717) is 0 Å². The van der Waals surface area contributed by atoms with Gasteiger partial charge in [0.2, 0.25) is 5.91 Å². The molecule has 2 unspecified atom stereocenters. The molecule has 0 aliphatic carbocycles. The van der Waals surface area contributed by atoms with Crippen LogP contribution < -0.4 is 11.1 Å². The number of nitrogens with one attached hydrogen (secondary N) is 1. The minimum absolute atomic E-state index is 0.0546. The van der Waals surface area contributed by atoms with Crippen LogP contribution in [0.1, 0.15) is 18.2 Å². The van der Waals surface area contributed by atoms with E-state index in [1.807, 2.05) is 24.4 Å². The zero-order valence-corrected chi connectivity index (χ0v) is 10.4. The lowest BCUT2D eigenvalue weighted by atomic mass is 10.1. The second-order valence-electron chi connectivity index (χ2n) is 3.90. The minimum atomic E-state index is -1.07. The van der Waals surface area contributed by atoms with E-state index in [1.165, 1.54) is 4.88 Å². The predicted molar refractivity (Wildman–Crippen MR) is 65.9 cm³/mol. The monoisotopic (exact) mass is 256 g/mol. The first kappa shape index (κ1) is 13.7. The molecule has 0 spiro atoms. The summed E-state index contributed by atoms with van der Waals surface area (Å²) in [6, 6.07) is 2.90. The average Bonchev–Trinajstić information content (AvgIpc) is 2.68. The predicted octanol–water partition coefficient (Wildman–Crippen LogP) is 0.597. The molecule has 0 radical (unpaired) electrons. The van der Waals surface area contributed by atoms with E-state index >= 15 is 0 Å². The molecule has 1 heterocycles. The number of carboxylic acids is 1. The van der Waals surface area contributed by atoms with Crippen molar-refractivity contribution in [2.75, 3.05) is 0 Å². The number of hydrogen-bond acceptors (Lipinski definition) is 4. The standard InChI is InChI=1S/C11H16N2O3S/c1-7(5-8-3-2-4-17-8)13-11(16)9(12)6-10(14)15/h2-4,7,9H,5-6,12H2,1H3,(H,13,16)(H,14,15). The Balaban J connectivity index is 2.37. The molecule has 1 aromatic heterocycles. The number of amides is 1. The van der Waals surface area contributed by atoms with Crippen LogP contribution in [-0.2, 0) is 16.0 Å². The third-order valence-corrected chi connectivity index (χ3v) is 3.11. The molecular formula is C11H16N2O3S. The zero-order chi connectivity index (χ0) is 12.8. The number of nitrogens with two attached hydrogens (primary N) is 1. The van der Waals surface area contributed by atoms with Crippen molar-refractivity contribution in [3.8, 4) is 0 Å². The molecule has 0 saturated carbocycles. The quantitative estimate of drug-likeness (QED) is 0.695. The summed E-state index contributed by atoms with van der Waals surface area (Å²) in [7, 11) is 0. The molecule has 1 aromatic rings. The molecule has 5 nitrogen and oxygen atoms in total. The van der Waals surface area contributed by atoms with Crippen LogP contribution in [0.2, 0.25) is 0 Å². The van der Waals surface area contributed by atoms with E-state index in [1.54, 1.807) is 11.3 Å². The highest BCUT2D eigenvalue weighted by molar-refractivity contribution is 7.09. The van der Waals surface area contributed by atoms with Crippen molar-refractivity contribution in [1.82, 2.24) is 5.32 Å². The lowest BCUT2D eigenvalue weighted by Crippen LogP contribution is -2.45. The maximum Gasteiger partial charge on any atom is 0.305 e. The fourth-order valence-electron chi connectivity index (χ4n) is 1.41. The highest BCUT2D eigenvalue weighted by atomic mass is 32.1. The molecule has 0 aliphatic rings. The van der Waals surface area contributed by atoms with Gasteiger partial charge >= 0.3 is 5.97 Å². The summed E-state index contributed by atoms with van der Waals surface area (Å²) in [5.41, 5.74) is 5.45. The Labute approximate surface area is 104 Å². The molecule has 94 valence electrons. The summed E-state index contributed by atoms with van der Waals surface area (Å²) in [6.45, 7) is 1.87. The van der Waals surface area contributed by atoms with Crippen molar-refractivity contribution in [3.05, 3.63) is 22.4 Å². The Morgan fingerprint density at radius 1 is 1.59 bits per heavy atom. The number of carbonyl (C=O) groups is 2. The normalized spacial score (nSPS) is 14.0. The van der Waals surface area contributed by atoms with E-state index in [0.717, 1.165) is 6.42 Å². The van der Waals surface area contributed by atoms with Gasteiger partial charge in [0.25, 0.3) is 0 Å². The van der Waals surface area contributed by atoms with Gasteiger partial charge in [0, 0.05) is 17.3 Å². The van der Waals surface area contributed by atoms with Gasteiger partial charge < -0.3 is 16.2 Å². The van der Waals surface area contributed by atoms with Gasteiger partial charge in [-0.15, -0.1) is 11.3 Å². The van der Waals surface area contributed by atoms with Gasteiger partial charge in [-0.1, -0.05) is 6.07 Å². The third-order valence-electron chi connectivity index (χ3n) is 2.21. The van der Waals surface area contributed by atoms with Gasteiger partial charge in [0.15, 0.2) is 0 Å². The van der Waals surface area contributed by atoms with Crippen LogP contribution >= 0.6 is 11.3 Å². The summed E-state index contributed by atoms with van der Waals surface area (Å²) < 4.78 is 0. The lowest BCUT2D eigenvalue weighted by molar-refractivity contribution is -0.139. The summed E-state index contributed by atoms with van der Waals surface area (Å²) in [5.74, 6) is -1.49. The molecule has 1 rings (SSSR count). The first-order valence-electron chi connectivity index (χ1n) is 5.29. The molecule has 17 heavy (non-hydrogen) atoms. The van der Waals surface area contributed by atoms with E-state index in [2.05, 4.69) is 5.32 Å². The van der Waals surface area contributed by atoms with E-state index in [9.17, 15) is 9.59 Å². The Hall–Kier alpha value is -1.40. The van der Waals surface area contributed by atoms with E-state index < -0.39 is 17.9 Å². The van der Waals surface area contributed by atoms with Crippen molar-refractivity contribution in [2.24, 2.45) is 5.73 Å². The molecule has 4 N–H and O–H groups in total. The Morgan fingerprint density at radius 2 is 2.29 bits per heavy atom. The maximum absolute atomic E-state index is 11.5. The minimum Gasteiger partial charge on any atom is -0.481 e. The lowest BCUT2D eigenvalue weighted by Gasteiger charge is -2.15. The Bertz CT molecular complexity index is 378.